The molecule has 0 bridgehead atoms. The Labute approximate surface area is 105 Å². The van der Waals surface area contributed by atoms with E-state index in [1.807, 2.05) is 6.92 Å². The van der Waals surface area contributed by atoms with Crippen molar-refractivity contribution in [3.8, 4) is 0 Å². The summed E-state index contributed by atoms with van der Waals surface area (Å²) >= 11 is 0. The second kappa shape index (κ2) is 9.42. The van der Waals surface area contributed by atoms with E-state index in [-0.39, 0.29) is 18.6 Å². The number of rotatable bonds is 9. The van der Waals surface area contributed by atoms with Crippen LogP contribution < -0.4 is 11.1 Å². The lowest BCUT2D eigenvalue weighted by Gasteiger charge is -2.20. The van der Waals surface area contributed by atoms with Crippen LogP contribution in [0.5, 0.6) is 0 Å². The average Bonchev–Trinajstić information content (AvgIpc) is 2.23. The summed E-state index contributed by atoms with van der Waals surface area (Å²) in [5, 5.41) is 11.6. The third-order valence-electron chi connectivity index (χ3n) is 3.19. The zero-order valence-electron chi connectivity index (χ0n) is 11.4. The Bertz CT molecular complexity index is 208. The van der Waals surface area contributed by atoms with Gasteiger partial charge in [-0.25, -0.2) is 0 Å². The minimum atomic E-state index is 0.0551. The number of aliphatic hydroxyl groups excluding tert-OH is 1. The zero-order chi connectivity index (χ0) is 13.3. The fourth-order valence-corrected chi connectivity index (χ4v) is 1.95. The number of aliphatic hydroxyl groups is 1. The second-order valence-corrected chi connectivity index (χ2v) is 5.10. The van der Waals surface area contributed by atoms with Crippen molar-refractivity contribution in [1.82, 2.24) is 5.32 Å². The lowest BCUT2D eigenvalue weighted by atomic mass is 9.88. The number of nitrogens with one attached hydrogen (secondary N) is 1. The molecule has 4 N–H and O–H groups in total. The maximum absolute atomic E-state index is 11.6. The van der Waals surface area contributed by atoms with Crippen molar-refractivity contribution in [2.75, 3.05) is 13.2 Å². The minimum Gasteiger partial charge on any atom is -0.396 e. The monoisotopic (exact) mass is 244 g/mol. The average molecular weight is 244 g/mol. The van der Waals surface area contributed by atoms with Gasteiger partial charge < -0.3 is 16.2 Å². The highest BCUT2D eigenvalue weighted by Gasteiger charge is 2.15. The normalized spacial score (nSPS) is 14.7. The van der Waals surface area contributed by atoms with Crippen molar-refractivity contribution >= 4 is 5.91 Å². The van der Waals surface area contributed by atoms with Crippen LogP contribution in [-0.2, 0) is 4.79 Å². The van der Waals surface area contributed by atoms with E-state index in [9.17, 15) is 4.79 Å². The van der Waals surface area contributed by atoms with E-state index >= 15 is 0 Å². The Kier molecular flexibility index (Phi) is 9.09. The molecule has 0 aliphatic carbocycles. The third kappa shape index (κ3) is 8.16. The molecule has 2 unspecified atom stereocenters. The van der Waals surface area contributed by atoms with Crippen LogP contribution in [0.3, 0.4) is 0 Å². The Hall–Kier alpha value is -0.610. The van der Waals surface area contributed by atoms with Gasteiger partial charge in [0.2, 0.25) is 5.91 Å². The van der Waals surface area contributed by atoms with Crippen LogP contribution in [0.25, 0.3) is 0 Å². The van der Waals surface area contributed by atoms with Gasteiger partial charge in [0.15, 0.2) is 0 Å². The molecule has 0 saturated heterocycles. The van der Waals surface area contributed by atoms with Crippen molar-refractivity contribution in [3.05, 3.63) is 0 Å². The number of carbonyl (C=O) groups excluding carboxylic acids is 1. The summed E-state index contributed by atoms with van der Waals surface area (Å²) < 4.78 is 0. The van der Waals surface area contributed by atoms with Gasteiger partial charge in [-0.1, -0.05) is 13.8 Å². The van der Waals surface area contributed by atoms with Gasteiger partial charge in [-0.15, -0.1) is 0 Å². The van der Waals surface area contributed by atoms with Crippen LogP contribution >= 0.6 is 0 Å². The molecule has 2 atom stereocenters. The van der Waals surface area contributed by atoms with E-state index in [1.54, 1.807) is 0 Å². The Morgan fingerprint density at radius 1 is 1.24 bits per heavy atom. The molecule has 0 rings (SSSR count). The third-order valence-corrected chi connectivity index (χ3v) is 3.19. The van der Waals surface area contributed by atoms with Crippen molar-refractivity contribution in [1.29, 1.82) is 0 Å². The molecule has 17 heavy (non-hydrogen) atoms. The van der Waals surface area contributed by atoms with Gasteiger partial charge in [0.1, 0.15) is 0 Å². The number of hydrogen-bond acceptors (Lipinski definition) is 3. The Balaban J connectivity index is 3.87. The summed E-state index contributed by atoms with van der Waals surface area (Å²) in [6.45, 7) is 7.06. The van der Waals surface area contributed by atoms with Gasteiger partial charge in [-0.2, -0.15) is 0 Å². The summed E-state index contributed by atoms with van der Waals surface area (Å²) in [6, 6.07) is 0.0551. The van der Waals surface area contributed by atoms with Crippen LogP contribution in [0.1, 0.15) is 46.5 Å². The highest BCUT2D eigenvalue weighted by molar-refractivity contribution is 5.76. The molecule has 4 nitrogen and oxygen atoms in total. The van der Waals surface area contributed by atoms with Crippen LogP contribution in [0.4, 0.5) is 0 Å². The van der Waals surface area contributed by atoms with Gasteiger partial charge >= 0.3 is 0 Å². The van der Waals surface area contributed by atoms with E-state index < -0.39 is 0 Å². The molecular weight excluding hydrogens is 216 g/mol. The minimum absolute atomic E-state index is 0.0551. The van der Waals surface area contributed by atoms with Crippen molar-refractivity contribution in [3.63, 3.8) is 0 Å². The first kappa shape index (κ1) is 16.4. The molecule has 0 fully saturated rings. The predicted molar refractivity (Wildman–Crippen MR) is 70.5 cm³/mol. The summed E-state index contributed by atoms with van der Waals surface area (Å²) in [7, 11) is 0. The summed E-state index contributed by atoms with van der Waals surface area (Å²) in [6.07, 6.45) is 3.05. The van der Waals surface area contributed by atoms with E-state index in [0.717, 1.165) is 12.8 Å². The van der Waals surface area contributed by atoms with Crippen LogP contribution in [0.2, 0.25) is 0 Å². The fraction of sp³-hybridized carbons (Fsp3) is 0.923. The Morgan fingerprint density at radius 2 is 1.88 bits per heavy atom. The fourth-order valence-electron chi connectivity index (χ4n) is 1.95. The molecule has 1 amide bonds. The van der Waals surface area contributed by atoms with E-state index in [1.165, 1.54) is 0 Å². The molecule has 0 aromatic heterocycles. The van der Waals surface area contributed by atoms with Crippen molar-refractivity contribution in [2.24, 2.45) is 17.6 Å². The van der Waals surface area contributed by atoms with Gasteiger partial charge in [0.25, 0.3) is 0 Å². The molecule has 0 saturated carbocycles. The van der Waals surface area contributed by atoms with E-state index in [0.29, 0.717) is 31.2 Å². The molecule has 102 valence electrons. The molecule has 0 spiro atoms. The first-order chi connectivity index (χ1) is 8.01. The summed E-state index contributed by atoms with van der Waals surface area (Å²) in [4.78, 5) is 11.6. The quantitative estimate of drug-likeness (QED) is 0.572. The lowest BCUT2D eigenvalue weighted by Crippen LogP contribution is -2.33. The van der Waals surface area contributed by atoms with Crippen molar-refractivity contribution in [2.45, 2.75) is 52.5 Å². The molecule has 0 aliphatic heterocycles. The van der Waals surface area contributed by atoms with Gasteiger partial charge in [-0.3, -0.25) is 4.79 Å². The highest BCUT2D eigenvalue weighted by atomic mass is 16.3. The molecule has 0 heterocycles. The Morgan fingerprint density at radius 3 is 2.35 bits per heavy atom. The number of amides is 1. The summed E-state index contributed by atoms with van der Waals surface area (Å²) in [5.41, 5.74) is 5.57. The molecule has 4 heteroatoms. The highest BCUT2D eigenvalue weighted by Crippen LogP contribution is 2.20. The van der Waals surface area contributed by atoms with Gasteiger partial charge in [0, 0.05) is 19.1 Å². The van der Waals surface area contributed by atoms with Crippen LogP contribution in [-0.4, -0.2) is 30.2 Å². The molecule has 0 radical (unpaired) electrons. The standard InChI is InChI=1S/C13H28N2O2/c1-10(2)12(6-8-14)4-5-13(17)15-11(3)7-9-16/h10-12,16H,4-9,14H2,1-3H3,(H,15,17). The predicted octanol–water partition coefficient (Wildman–Crippen LogP) is 1.27. The second-order valence-electron chi connectivity index (χ2n) is 5.10. The maximum Gasteiger partial charge on any atom is 0.220 e. The maximum atomic E-state index is 11.6. The first-order valence-corrected chi connectivity index (χ1v) is 6.61. The molecule has 0 aliphatic rings. The van der Waals surface area contributed by atoms with E-state index in [4.69, 9.17) is 10.8 Å². The van der Waals surface area contributed by atoms with Crippen LogP contribution in [0.15, 0.2) is 0 Å². The molecule has 0 aromatic rings. The van der Waals surface area contributed by atoms with Gasteiger partial charge in [-0.05, 0) is 44.6 Å². The first-order valence-electron chi connectivity index (χ1n) is 6.61. The number of carbonyl (C=O) groups is 1. The number of hydrogen-bond donors (Lipinski definition) is 3. The summed E-state index contributed by atoms with van der Waals surface area (Å²) in [5.74, 6) is 1.17. The molecular formula is C13H28N2O2. The van der Waals surface area contributed by atoms with E-state index in [2.05, 4.69) is 19.2 Å². The van der Waals surface area contributed by atoms with Crippen molar-refractivity contribution < 1.29 is 9.90 Å². The van der Waals surface area contributed by atoms with Crippen LogP contribution in [0, 0.1) is 11.8 Å². The lowest BCUT2D eigenvalue weighted by molar-refractivity contribution is -0.122. The zero-order valence-corrected chi connectivity index (χ0v) is 11.4. The number of nitrogens with two attached hydrogens (primary N) is 1. The SMILES string of the molecule is CC(CCO)NC(=O)CCC(CCN)C(C)C. The smallest absolute Gasteiger partial charge is 0.220 e. The topological polar surface area (TPSA) is 75.3 Å². The molecule has 0 aromatic carbocycles. The van der Waals surface area contributed by atoms with Gasteiger partial charge in [0.05, 0.1) is 0 Å². The largest absolute Gasteiger partial charge is 0.396 e.